The number of hydrogen-bond acceptors (Lipinski definition) is 1. The minimum absolute atomic E-state index is 0.111. The van der Waals surface area contributed by atoms with E-state index in [4.69, 9.17) is 0 Å². The van der Waals surface area contributed by atoms with Gasteiger partial charge in [0.15, 0.2) is 0 Å². The van der Waals surface area contributed by atoms with Crippen molar-refractivity contribution in [3.05, 3.63) is 41.5 Å². The average Bonchev–Trinajstić information content (AvgIpc) is 2.71. The predicted octanol–water partition coefficient (Wildman–Crippen LogP) is 4.65. The summed E-state index contributed by atoms with van der Waals surface area (Å²) in [5, 5.41) is 0. The number of allylic oxidation sites excluding steroid dienone is 1. The molecule has 0 saturated heterocycles. The van der Waals surface area contributed by atoms with Gasteiger partial charge in [-0.05, 0) is 36.7 Å². The number of rotatable bonds is 2. The highest BCUT2D eigenvalue weighted by atomic mass is 16.1. The maximum absolute atomic E-state index is 12.7. The lowest BCUT2D eigenvalue weighted by Gasteiger charge is -2.32. The molecule has 2 aliphatic rings. The zero-order valence-corrected chi connectivity index (χ0v) is 12.9. The van der Waals surface area contributed by atoms with Crippen molar-refractivity contribution in [3.63, 3.8) is 0 Å². The van der Waals surface area contributed by atoms with Gasteiger partial charge in [0.05, 0.1) is 0 Å². The lowest BCUT2D eigenvalue weighted by molar-refractivity contribution is -0.130. The van der Waals surface area contributed by atoms with Gasteiger partial charge in [-0.15, -0.1) is 0 Å². The third kappa shape index (κ3) is 1.72. The van der Waals surface area contributed by atoms with Crippen LogP contribution in [0.15, 0.2) is 30.3 Å². The highest BCUT2D eigenvalue weighted by molar-refractivity contribution is 5.93. The van der Waals surface area contributed by atoms with E-state index >= 15 is 0 Å². The van der Waals surface area contributed by atoms with Crippen molar-refractivity contribution in [2.45, 2.75) is 40.5 Å². The van der Waals surface area contributed by atoms with Crippen molar-refractivity contribution in [2.75, 3.05) is 0 Å². The number of aryl methyl sites for hydroxylation is 1. The van der Waals surface area contributed by atoms with Crippen LogP contribution < -0.4 is 0 Å². The minimum Gasteiger partial charge on any atom is -0.298 e. The molecular weight excluding hydrogens is 244 g/mol. The summed E-state index contributed by atoms with van der Waals surface area (Å²) < 4.78 is 0. The molecule has 2 aliphatic carbocycles. The first kappa shape index (κ1) is 13.6. The van der Waals surface area contributed by atoms with Crippen molar-refractivity contribution in [1.82, 2.24) is 0 Å². The summed E-state index contributed by atoms with van der Waals surface area (Å²) in [6.07, 6.45) is 6.54. The Kier molecular flexibility index (Phi) is 2.93. The molecule has 2 fully saturated rings. The van der Waals surface area contributed by atoms with E-state index in [0.717, 1.165) is 6.42 Å². The summed E-state index contributed by atoms with van der Waals surface area (Å²) in [6, 6.07) is 8.48. The molecule has 0 spiro atoms. The first-order valence-corrected chi connectivity index (χ1v) is 7.65. The summed E-state index contributed by atoms with van der Waals surface area (Å²) in [4.78, 5) is 12.7. The van der Waals surface area contributed by atoms with Crippen molar-refractivity contribution < 1.29 is 4.79 Å². The Balaban J connectivity index is 1.86. The normalized spacial score (nSPS) is 35.1. The molecule has 1 aromatic carbocycles. The molecule has 1 unspecified atom stereocenters. The Bertz CT molecular complexity index is 564. The van der Waals surface area contributed by atoms with Crippen LogP contribution in [0.1, 0.15) is 44.7 Å². The lowest BCUT2D eigenvalue weighted by Crippen LogP contribution is -2.33. The maximum Gasteiger partial charge on any atom is 0.146 e. The van der Waals surface area contributed by atoms with Gasteiger partial charge in [0, 0.05) is 11.3 Å². The quantitative estimate of drug-likeness (QED) is 0.763. The molecule has 0 radical (unpaired) electrons. The summed E-state index contributed by atoms with van der Waals surface area (Å²) >= 11 is 0. The minimum atomic E-state index is -0.111. The van der Waals surface area contributed by atoms with E-state index in [1.165, 1.54) is 17.5 Å². The van der Waals surface area contributed by atoms with Gasteiger partial charge in [-0.25, -0.2) is 0 Å². The van der Waals surface area contributed by atoms with E-state index < -0.39 is 0 Å². The van der Waals surface area contributed by atoms with Crippen molar-refractivity contribution >= 4 is 11.9 Å². The molecule has 0 aliphatic heterocycles. The molecule has 106 valence electrons. The van der Waals surface area contributed by atoms with Gasteiger partial charge in [0.1, 0.15) is 5.78 Å². The van der Waals surface area contributed by atoms with Gasteiger partial charge in [0.25, 0.3) is 0 Å². The molecule has 0 heterocycles. The molecule has 3 rings (SSSR count). The van der Waals surface area contributed by atoms with E-state index in [-0.39, 0.29) is 16.7 Å². The highest BCUT2D eigenvalue weighted by Gasteiger charge is 2.65. The summed E-state index contributed by atoms with van der Waals surface area (Å²) in [7, 11) is 0. The third-order valence-corrected chi connectivity index (χ3v) is 6.16. The van der Waals surface area contributed by atoms with E-state index in [0.29, 0.717) is 11.7 Å². The zero-order valence-electron chi connectivity index (χ0n) is 12.9. The Labute approximate surface area is 122 Å². The van der Waals surface area contributed by atoms with Crippen LogP contribution in [0.2, 0.25) is 0 Å². The SMILES string of the molecule is Cc1ccc(/C=C/C2C(=O)[C@]3(C)CC[C@H]2C3(C)C)cc1. The third-order valence-electron chi connectivity index (χ3n) is 6.16. The van der Waals surface area contributed by atoms with Crippen LogP contribution >= 0.6 is 0 Å². The molecule has 1 aromatic rings. The Morgan fingerprint density at radius 2 is 1.80 bits per heavy atom. The highest BCUT2D eigenvalue weighted by Crippen LogP contribution is 2.65. The smallest absolute Gasteiger partial charge is 0.146 e. The van der Waals surface area contributed by atoms with Gasteiger partial charge in [-0.2, -0.15) is 0 Å². The number of carbonyl (C=O) groups is 1. The fraction of sp³-hybridized carbons (Fsp3) is 0.526. The van der Waals surface area contributed by atoms with E-state index in [9.17, 15) is 4.79 Å². The molecule has 0 aromatic heterocycles. The summed E-state index contributed by atoms with van der Waals surface area (Å²) in [5.74, 6) is 1.09. The number of Topliss-reactive ketones (excluding diaryl/α,β-unsaturated/α-hetero) is 1. The number of ketones is 1. The number of fused-ring (bicyclic) bond motifs is 2. The standard InChI is InChI=1S/C19H24O/c1-13-5-7-14(8-6-13)9-10-15-16-11-12-19(4,17(15)20)18(16,2)3/h5-10,15-16H,11-12H2,1-4H3/b10-9+/t15?,16-,19+/m1/s1. The Morgan fingerprint density at radius 3 is 2.35 bits per heavy atom. The van der Waals surface area contributed by atoms with Crippen molar-refractivity contribution in [2.24, 2.45) is 22.7 Å². The Hall–Kier alpha value is -1.37. The molecule has 1 nitrogen and oxygen atoms in total. The molecule has 0 amide bonds. The van der Waals surface area contributed by atoms with Crippen molar-refractivity contribution in [1.29, 1.82) is 0 Å². The van der Waals surface area contributed by atoms with Gasteiger partial charge < -0.3 is 0 Å². The number of benzene rings is 1. The molecule has 2 bridgehead atoms. The second-order valence-electron chi connectivity index (χ2n) is 7.36. The first-order valence-electron chi connectivity index (χ1n) is 7.65. The van der Waals surface area contributed by atoms with E-state index in [2.05, 4.69) is 64.1 Å². The average molecular weight is 268 g/mol. The predicted molar refractivity (Wildman–Crippen MR) is 83.3 cm³/mol. The van der Waals surface area contributed by atoms with Crippen molar-refractivity contribution in [3.8, 4) is 0 Å². The van der Waals surface area contributed by atoms with Gasteiger partial charge in [-0.3, -0.25) is 4.79 Å². The zero-order chi connectivity index (χ0) is 14.5. The molecular formula is C19H24O. The molecule has 2 saturated carbocycles. The molecule has 1 heteroatoms. The van der Waals surface area contributed by atoms with Crippen LogP contribution in [0.5, 0.6) is 0 Å². The lowest BCUT2D eigenvalue weighted by atomic mass is 9.70. The monoisotopic (exact) mass is 268 g/mol. The second kappa shape index (κ2) is 4.31. The summed E-state index contributed by atoms with van der Waals surface area (Å²) in [5.41, 5.74) is 2.49. The van der Waals surface area contributed by atoms with Gasteiger partial charge in [-0.1, -0.05) is 62.8 Å². The Morgan fingerprint density at radius 1 is 1.15 bits per heavy atom. The fourth-order valence-corrected chi connectivity index (χ4v) is 4.27. The van der Waals surface area contributed by atoms with Crippen LogP contribution in [0, 0.1) is 29.6 Å². The van der Waals surface area contributed by atoms with E-state index in [1.54, 1.807) is 0 Å². The summed E-state index contributed by atoms with van der Waals surface area (Å²) in [6.45, 7) is 8.83. The molecule has 20 heavy (non-hydrogen) atoms. The second-order valence-corrected chi connectivity index (χ2v) is 7.36. The fourth-order valence-electron chi connectivity index (χ4n) is 4.27. The maximum atomic E-state index is 12.7. The van der Waals surface area contributed by atoms with Crippen LogP contribution in [-0.4, -0.2) is 5.78 Å². The molecule has 0 N–H and O–H groups in total. The topological polar surface area (TPSA) is 17.1 Å². The van der Waals surface area contributed by atoms with E-state index in [1.807, 2.05) is 0 Å². The van der Waals surface area contributed by atoms with Crippen LogP contribution in [0.25, 0.3) is 6.08 Å². The van der Waals surface area contributed by atoms with Crippen LogP contribution in [0.3, 0.4) is 0 Å². The van der Waals surface area contributed by atoms with Crippen LogP contribution in [0.4, 0.5) is 0 Å². The van der Waals surface area contributed by atoms with Crippen LogP contribution in [-0.2, 0) is 4.79 Å². The first-order chi connectivity index (χ1) is 9.36. The number of hydrogen-bond donors (Lipinski definition) is 0. The van der Waals surface area contributed by atoms with Gasteiger partial charge in [0.2, 0.25) is 0 Å². The number of carbonyl (C=O) groups excluding carboxylic acids is 1. The van der Waals surface area contributed by atoms with Gasteiger partial charge >= 0.3 is 0 Å². The largest absolute Gasteiger partial charge is 0.298 e. The molecule has 3 atom stereocenters.